The lowest BCUT2D eigenvalue weighted by Gasteiger charge is -2.11. The van der Waals surface area contributed by atoms with Crippen molar-refractivity contribution >= 4 is 16.9 Å². The SMILES string of the molecule is O=C(O)c1cc2cc(F)ccc2n1-c1ccc(C(F)(F)F)cc1. The molecular weight excluding hydrogens is 314 g/mol. The van der Waals surface area contributed by atoms with Crippen LogP contribution in [0.25, 0.3) is 16.6 Å². The molecule has 3 nitrogen and oxygen atoms in total. The number of nitrogens with zero attached hydrogens (tertiary/aromatic N) is 1. The smallest absolute Gasteiger partial charge is 0.416 e. The van der Waals surface area contributed by atoms with Crippen molar-refractivity contribution in [3.8, 4) is 5.69 Å². The van der Waals surface area contributed by atoms with Crippen LogP contribution >= 0.6 is 0 Å². The van der Waals surface area contributed by atoms with Gasteiger partial charge in [0.1, 0.15) is 11.5 Å². The van der Waals surface area contributed by atoms with E-state index in [1.54, 1.807) is 0 Å². The third-order valence-corrected chi connectivity index (χ3v) is 3.44. The second-order valence-electron chi connectivity index (χ2n) is 4.92. The molecule has 0 saturated heterocycles. The Hall–Kier alpha value is -2.83. The first-order chi connectivity index (χ1) is 10.8. The lowest BCUT2D eigenvalue weighted by atomic mass is 10.2. The number of aromatic carboxylic acids is 1. The topological polar surface area (TPSA) is 42.2 Å². The van der Waals surface area contributed by atoms with Gasteiger partial charge in [-0.1, -0.05) is 0 Å². The normalized spacial score (nSPS) is 11.8. The highest BCUT2D eigenvalue weighted by Gasteiger charge is 2.30. The molecule has 23 heavy (non-hydrogen) atoms. The minimum Gasteiger partial charge on any atom is -0.477 e. The number of carboxylic acids is 1. The first-order valence-electron chi connectivity index (χ1n) is 6.49. The second kappa shape index (κ2) is 5.12. The molecule has 7 heteroatoms. The molecule has 0 amide bonds. The lowest BCUT2D eigenvalue weighted by Crippen LogP contribution is -2.08. The van der Waals surface area contributed by atoms with Gasteiger partial charge in [-0.3, -0.25) is 0 Å². The average molecular weight is 323 g/mol. The molecule has 1 N–H and O–H groups in total. The Balaban J connectivity index is 2.22. The Labute approximate surface area is 127 Å². The van der Waals surface area contributed by atoms with E-state index < -0.39 is 23.5 Å². The Morgan fingerprint density at radius 2 is 1.65 bits per heavy atom. The van der Waals surface area contributed by atoms with E-state index in [1.165, 1.54) is 34.9 Å². The number of benzene rings is 2. The van der Waals surface area contributed by atoms with Gasteiger partial charge in [-0.2, -0.15) is 13.2 Å². The van der Waals surface area contributed by atoms with Crippen molar-refractivity contribution in [1.29, 1.82) is 0 Å². The summed E-state index contributed by atoms with van der Waals surface area (Å²) in [6, 6.07) is 9.09. The Morgan fingerprint density at radius 1 is 1.00 bits per heavy atom. The molecule has 0 unspecified atom stereocenters. The van der Waals surface area contributed by atoms with Crippen LogP contribution in [0, 0.1) is 5.82 Å². The zero-order valence-corrected chi connectivity index (χ0v) is 11.4. The van der Waals surface area contributed by atoms with Gasteiger partial charge in [0.05, 0.1) is 11.1 Å². The van der Waals surface area contributed by atoms with Gasteiger partial charge in [0.15, 0.2) is 0 Å². The Bertz CT molecular complexity index is 895. The van der Waals surface area contributed by atoms with Crippen molar-refractivity contribution < 1.29 is 27.5 Å². The van der Waals surface area contributed by atoms with Crippen LogP contribution in [0.5, 0.6) is 0 Å². The molecule has 0 aliphatic rings. The van der Waals surface area contributed by atoms with E-state index in [9.17, 15) is 27.5 Å². The second-order valence-corrected chi connectivity index (χ2v) is 4.92. The quantitative estimate of drug-likeness (QED) is 0.706. The Kier molecular flexibility index (Phi) is 3.35. The van der Waals surface area contributed by atoms with Gasteiger partial charge in [-0.25, -0.2) is 9.18 Å². The predicted octanol–water partition coefficient (Wildman–Crippen LogP) is 4.49. The number of carboxylic acid groups (broad SMARTS) is 1. The van der Waals surface area contributed by atoms with Crippen LogP contribution < -0.4 is 0 Å². The summed E-state index contributed by atoms with van der Waals surface area (Å²) < 4.78 is 52.4. The molecule has 0 saturated carbocycles. The van der Waals surface area contributed by atoms with Gasteiger partial charge in [-0.05, 0) is 48.5 Å². The number of fused-ring (bicyclic) bond motifs is 1. The first-order valence-corrected chi connectivity index (χ1v) is 6.49. The molecule has 0 fully saturated rings. The average Bonchev–Trinajstić information content (AvgIpc) is 2.85. The van der Waals surface area contributed by atoms with Crippen LogP contribution in [0.1, 0.15) is 16.1 Å². The van der Waals surface area contributed by atoms with Crippen molar-refractivity contribution in [2.75, 3.05) is 0 Å². The van der Waals surface area contributed by atoms with Gasteiger partial charge in [-0.15, -0.1) is 0 Å². The summed E-state index contributed by atoms with van der Waals surface area (Å²) in [7, 11) is 0. The summed E-state index contributed by atoms with van der Waals surface area (Å²) in [5, 5.41) is 9.64. The molecule has 2 aromatic carbocycles. The molecule has 0 aliphatic heterocycles. The van der Waals surface area contributed by atoms with Crippen LogP contribution in [0.3, 0.4) is 0 Å². The number of hydrogen-bond donors (Lipinski definition) is 1. The van der Waals surface area contributed by atoms with Gasteiger partial charge < -0.3 is 9.67 Å². The van der Waals surface area contributed by atoms with E-state index in [2.05, 4.69) is 0 Å². The van der Waals surface area contributed by atoms with Crippen LogP contribution in [0.4, 0.5) is 17.6 Å². The summed E-state index contributed by atoms with van der Waals surface area (Å²) in [4.78, 5) is 11.4. The number of halogens is 4. The van der Waals surface area contributed by atoms with Gasteiger partial charge >= 0.3 is 12.1 Å². The molecule has 0 spiro atoms. The molecule has 0 radical (unpaired) electrons. The maximum Gasteiger partial charge on any atom is 0.416 e. The number of aromatic nitrogens is 1. The third kappa shape index (κ3) is 2.65. The molecular formula is C16H9F4NO2. The minimum absolute atomic E-state index is 0.162. The molecule has 0 atom stereocenters. The Morgan fingerprint density at radius 3 is 2.22 bits per heavy atom. The van der Waals surface area contributed by atoms with Crippen molar-refractivity contribution in [1.82, 2.24) is 4.57 Å². The van der Waals surface area contributed by atoms with E-state index >= 15 is 0 Å². The van der Waals surface area contributed by atoms with Gasteiger partial charge in [0, 0.05) is 11.1 Å². The zero-order chi connectivity index (χ0) is 16.8. The summed E-state index contributed by atoms with van der Waals surface area (Å²) in [5.41, 5.74) is -0.355. The molecule has 3 rings (SSSR count). The van der Waals surface area contributed by atoms with Crippen molar-refractivity contribution in [2.24, 2.45) is 0 Å². The fraction of sp³-hybridized carbons (Fsp3) is 0.0625. The highest BCUT2D eigenvalue weighted by Crippen LogP contribution is 2.31. The largest absolute Gasteiger partial charge is 0.477 e. The third-order valence-electron chi connectivity index (χ3n) is 3.44. The van der Waals surface area contributed by atoms with E-state index in [-0.39, 0.29) is 11.4 Å². The molecule has 118 valence electrons. The number of rotatable bonds is 2. The zero-order valence-electron chi connectivity index (χ0n) is 11.4. The van der Waals surface area contributed by atoms with Crippen LogP contribution in [0.2, 0.25) is 0 Å². The molecule has 3 aromatic rings. The standard InChI is InChI=1S/C16H9F4NO2/c17-11-3-6-13-9(7-11)8-14(15(22)23)21(13)12-4-1-10(2-5-12)16(18,19)20/h1-8H,(H,22,23). The number of carbonyl (C=O) groups is 1. The minimum atomic E-state index is -4.48. The number of alkyl halides is 3. The highest BCUT2D eigenvalue weighted by atomic mass is 19.4. The summed E-state index contributed by atoms with van der Waals surface area (Å²) in [5.74, 6) is -1.79. The monoisotopic (exact) mass is 323 g/mol. The van der Waals surface area contributed by atoms with Crippen LogP contribution in [0.15, 0.2) is 48.5 Å². The van der Waals surface area contributed by atoms with Crippen molar-refractivity contribution in [2.45, 2.75) is 6.18 Å². The summed E-state index contributed by atoms with van der Waals surface area (Å²) >= 11 is 0. The molecule has 1 heterocycles. The maximum atomic E-state index is 13.3. The number of hydrogen-bond acceptors (Lipinski definition) is 1. The van der Waals surface area contributed by atoms with E-state index in [0.29, 0.717) is 10.9 Å². The van der Waals surface area contributed by atoms with E-state index in [4.69, 9.17) is 0 Å². The molecule has 0 bridgehead atoms. The van der Waals surface area contributed by atoms with Crippen LogP contribution in [-0.2, 0) is 6.18 Å². The fourth-order valence-corrected chi connectivity index (χ4v) is 2.42. The highest BCUT2D eigenvalue weighted by molar-refractivity contribution is 5.96. The van der Waals surface area contributed by atoms with Gasteiger partial charge in [0.25, 0.3) is 0 Å². The summed E-state index contributed by atoms with van der Waals surface area (Å²) in [6.45, 7) is 0. The lowest BCUT2D eigenvalue weighted by molar-refractivity contribution is -0.137. The van der Waals surface area contributed by atoms with Crippen molar-refractivity contribution in [3.05, 3.63) is 65.6 Å². The summed E-state index contributed by atoms with van der Waals surface area (Å²) in [6.07, 6.45) is -4.48. The van der Waals surface area contributed by atoms with Crippen LogP contribution in [-0.4, -0.2) is 15.6 Å². The van der Waals surface area contributed by atoms with Gasteiger partial charge in [0.2, 0.25) is 0 Å². The fourth-order valence-electron chi connectivity index (χ4n) is 2.42. The predicted molar refractivity (Wildman–Crippen MR) is 75.2 cm³/mol. The van der Waals surface area contributed by atoms with E-state index in [1.807, 2.05) is 0 Å². The molecule has 1 aromatic heterocycles. The first kappa shape index (κ1) is 15.1. The van der Waals surface area contributed by atoms with E-state index in [0.717, 1.165) is 18.2 Å². The maximum absolute atomic E-state index is 13.3. The van der Waals surface area contributed by atoms with Crippen molar-refractivity contribution in [3.63, 3.8) is 0 Å². The molecule has 0 aliphatic carbocycles.